The van der Waals surface area contributed by atoms with E-state index < -0.39 is 16.0 Å². The second-order valence-electron chi connectivity index (χ2n) is 3.96. The van der Waals surface area contributed by atoms with Gasteiger partial charge in [-0.1, -0.05) is 0 Å². The molecule has 0 amide bonds. The number of ether oxygens (including phenoxy) is 1. The van der Waals surface area contributed by atoms with Crippen LogP contribution in [0.3, 0.4) is 0 Å². The number of hydrogen-bond acceptors (Lipinski definition) is 5. The van der Waals surface area contributed by atoms with Crippen LogP contribution >= 0.6 is 0 Å². The van der Waals surface area contributed by atoms with Gasteiger partial charge in [-0.3, -0.25) is 4.79 Å². The molecule has 0 bridgehead atoms. The highest BCUT2D eigenvalue weighted by molar-refractivity contribution is 7.89. The highest BCUT2D eigenvalue weighted by Gasteiger charge is 2.33. The normalized spacial score (nSPS) is 21.6. The standard InChI is InChI=1S/C10H19NO5S/c1-2-16-10(13)5-7-17(14,15)11-6-3-4-9(11)8-12/h9,12H,2-8H2,1H3/t9-/m1/s1. The van der Waals surface area contributed by atoms with E-state index in [9.17, 15) is 13.2 Å². The van der Waals surface area contributed by atoms with E-state index in [4.69, 9.17) is 5.11 Å². The predicted octanol–water partition coefficient (Wildman–Crippen LogP) is -0.274. The number of carbonyl (C=O) groups is 1. The van der Waals surface area contributed by atoms with Crippen molar-refractivity contribution in [2.75, 3.05) is 25.5 Å². The molecule has 1 aliphatic rings. The summed E-state index contributed by atoms with van der Waals surface area (Å²) in [6.07, 6.45) is 1.30. The molecule has 0 aromatic heterocycles. The fourth-order valence-corrected chi connectivity index (χ4v) is 3.61. The molecule has 1 aliphatic heterocycles. The lowest BCUT2D eigenvalue weighted by Gasteiger charge is -2.22. The lowest BCUT2D eigenvalue weighted by atomic mass is 10.2. The van der Waals surface area contributed by atoms with Crippen LogP contribution in [0.4, 0.5) is 0 Å². The zero-order valence-electron chi connectivity index (χ0n) is 9.96. The first-order valence-corrected chi connectivity index (χ1v) is 7.38. The van der Waals surface area contributed by atoms with E-state index in [0.717, 1.165) is 6.42 Å². The molecule has 1 fully saturated rings. The Morgan fingerprint density at radius 3 is 2.82 bits per heavy atom. The van der Waals surface area contributed by atoms with Gasteiger partial charge in [-0.2, -0.15) is 4.31 Å². The average molecular weight is 265 g/mol. The van der Waals surface area contributed by atoms with Gasteiger partial charge in [0, 0.05) is 12.6 Å². The van der Waals surface area contributed by atoms with Crippen molar-refractivity contribution in [1.29, 1.82) is 0 Å². The summed E-state index contributed by atoms with van der Waals surface area (Å²) in [5.74, 6) is -0.752. The third-order valence-corrected chi connectivity index (χ3v) is 4.68. The molecule has 6 nitrogen and oxygen atoms in total. The maximum Gasteiger partial charge on any atom is 0.306 e. The maximum absolute atomic E-state index is 11.9. The van der Waals surface area contributed by atoms with E-state index in [1.807, 2.05) is 0 Å². The van der Waals surface area contributed by atoms with E-state index >= 15 is 0 Å². The summed E-state index contributed by atoms with van der Waals surface area (Å²) < 4.78 is 29.8. The Bertz CT molecular complexity index is 354. The molecule has 0 saturated carbocycles. The molecule has 1 N–H and O–H groups in total. The van der Waals surface area contributed by atoms with E-state index in [2.05, 4.69) is 4.74 Å². The number of rotatable bonds is 6. The minimum atomic E-state index is -3.46. The Balaban J connectivity index is 2.53. The molecule has 0 radical (unpaired) electrons. The number of nitrogens with zero attached hydrogens (tertiary/aromatic N) is 1. The number of esters is 1. The Morgan fingerprint density at radius 2 is 2.24 bits per heavy atom. The van der Waals surface area contributed by atoms with Crippen molar-refractivity contribution < 1.29 is 23.1 Å². The summed E-state index contributed by atoms with van der Waals surface area (Å²) in [6, 6.07) is -0.331. The van der Waals surface area contributed by atoms with Gasteiger partial charge in [0.1, 0.15) is 0 Å². The van der Waals surface area contributed by atoms with Crippen molar-refractivity contribution in [2.45, 2.75) is 32.2 Å². The van der Waals surface area contributed by atoms with Crippen LogP contribution in [0.1, 0.15) is 26.2 Å². The number of sulfonamides is 1. The third kappa shape index (κ3) is 3.93. The Kier molecular flexibility index (Phi) is 5.35. The van der Waals surface area contributed by atoms with Crippen LogP contribution in [-0.2, 0) is 19.6 Å². The molecule has 1 saturated heterocycles. The quantitative estimate of drug-likeness (QED) is 0.668. The minimum absolute atomic E-state index is 0.134. The van der Waals surface area contributed by atoms with Crippen molar-refractivity contribution in [1.82, 2.24) is 4.31 Å². The maximum atomic E-state index is 11.9. The van der Waals surface area contributed by atoms with Crippen LogP contribution in [0.15, 0.2) is 0 Å². The molecule has 0 unspecified atom stereocenters. The second kappa shape index (κ2) is 6.32. The summed E-state index contributed by atoms with van der Waals surface area (Å²) in [7, 11) is -3.46. The summed E-state index contributed by atoms with van der Waals surface area (Å²) in [4.78, 5) is 11.1. The van der Waals surface area contributed by atoms with E-state index in [1.165, 1.54) is 4.31 Å². The number of aliphatic hydroxyl groups is 1. The van der Waals surface area contributed by atoms with Crippen molar-refractivity contribution in [3.63, 3.8) is 0 Å². The van der Waals surface area contributed by atoms with Crippen LogP contribution in [0, 0.1) is 0 Å². The molecule has 0 aliphatic carbocycles. The number of carbonyl (C=O) groups excluding carboxylic acids is 1. The van der Waals surface area contributed by atoms with Crippen LogP contribution in [0.25, 0.3) is 0 Å². The first-order chi connectivity index (χ1) is 8.01. The third-order valence-electron chi connectivity index (χ3n) is 2.76. The molecular weight excluding hydrogens is 246 g/mol. The molecule has 100 valence electrons. The van der Waals surface area contributed by atoms with Gasteiger partial charge >= 0.3 is 5.97 Å². The van der Waals surface area contributed by atoms with Crippen LogP contribution < -0.4 is 0 Å². The molecule has 0 spiro atoms. The predicted molar refractivity (Wildman–Crippen MR) is 61.9 cm³/mol. The molecular formula is C10H19NO5S. The van der Waals surface area contributed by atoms with Crippen molar-refractivity contribution in [3.8, 4) is 0 Å². The van der Waals surface area contributed by atoms with E-state index in [-0.39, 0.29) is 31.4 Å². The van der Waals surface area contributed by atoms with Crippen molar-refractivity contribution in [3.05, 3.63) is 0 Å². The zero-order chi connectivity index (χ0) is 12.9. The zero-order valence-corrected chi connectivity index (χ0v) is 10.8. The lowest BCUT2D eigenvalue weighted by molar-refractivity contribution is -0.142. The molecule has 17 heavy (non-hydrogen) atoms. The first-order valence-electron chi connectivity index (χ1n) is 5.77. The molecule has 0 aromatic carbocycles. The van der Waals surface area contributed by atoms with Crippen LogP contribution in [0.5, 0.6) is 0 Å². The number of aliphatic hydroxyl groups excluding tert-OH is 1. The summed E-state index contributed by atoms with van der Waals surface area (Å²) >= 11 is 0. The fourth-order valence-electron chi connectivity index (χ4n) is 1.92. The average Bonchev–Trinajstić information content (AvgIpc) is 2.76. The lowest BCUT2D eigenvalue weighted by Crippen LogP contribution is -2.39. The van der Waals surface area contributed by atoms with Gasteiger partial charge in [0.05, 0.1) is 25.4 Å². The smallest absolute Gasteiger partial charge is 0.306 e. The molecule has 1 heterocycles. The number of hydrogen-bond donors (Lipinski definition) is 1. The highest BCUT2D eigenvalue weighted by Crippen LogP contribution is 2.21. The summed E-state index contributed by atoms with van der Waals surface area (Å²) in [6.45, 7) is 2.19. The van der Waals surface area contributed by atoms with Gasteiger partial charge in [-0.15, -0.1) is 0 Å². The Morgan fingerprint density at radius 1 is 1.53 bits per heavy atom. The Labute approximate surface area is 102 Å². The summed E-state index contributed by atoms with van der Waals surface area (Å²) in [5.41, 5.74) is 0. The monoisotopic (exact) mass is 265 g/mol. The fraction of sp³-hybridized carbons (Fsp3) is 0.900. The first kappa shape index (κ1) is 14.4. The SMILES string of the molecule is CCOC(=O)CCS(=O)(=O)N1CCC[C@@H]1CO. The van der Waals surface area contributed by atoms with Crippen LogP contribution in [0.2, 0.25) is 0 Å². The van der Waals surface area contributed by atoms with Crippen LogP contribution in [-0.4, -0.2) is 55.4 Å². The molecule has 1 atom stereocenters. The van der Waals surface area contributed by atoms with Gasteiger partial charge in [0.2, 0.25) is 10.0 Å². The van der Waals surface area contributed by atoms with E-state index in [1.54, 1.807) is 6.92 Å². The highest BCUT2D eigenvalue weighted by atomic mass is 32.2. The van der Waals surface area contributed by atoms with Crippen molar-refractivity contribution in [2.24, 2.45) is 0 Å². The van der Waals surface area contributed by atoms with Gasteiger partial charge in [0.25, 0.3) is 0 Å². The molecule has 1 rings (SSSR count). The van der Waals surface area contributed by atoms with E-state index in [0.29, 0.717) is 13.0 Å². The topological polar surface area (TPSA) is 83.9 Å². The van der Waals surface area contributed by atoms with Gasteiger partial charge in [-0.25, -0.2) is 8.42 Å². The molecule has 7 heteroatoms. The van der Waals surface area contributed by atoms with Gasteiger partial charge in [0.15, 0.2) is 0 Å². The minimum Gasteiger partial charge on any atom is -0.466 e. The van der Waals surface area contributed by atoms with Gasteiger partial charge in [-0.05, 0) is 19.8 Å². The van der Waals surface area contributed by atoms with Crippen molar-refractivity contribution >= 4 is 16.0 Å². The largest absolute Gasteiger partial charge is 0.466 e. The summed E-state index contributed by atoms with van der Waals surface area (Å²) in [5, 5.41) is 9.06. The van der Waals surface area contributed by atoms with Gasteiger partial charge < -0.3 is 9.84 Å². The Hall–Kier alpha value is -0.660. The second-order valence-corrected chi connectivity index (χ2v) is 6.00. The molecule has 0 aromatic rings.